The molecule has 4 heteroatoms. The van der Waals surface area contributed by atoms with E-state index in [0.29, 0.717) is 29.6 Å². The molecule has 0 radical (unpaired) electrons. The average Bonchev–Trinajstić information content (AvgIpc) is 3.00. The van der Waals surface area contributed by atoms with E-state index in [4.69, 9.17) is 0 Å². The maximum absolute atomic E-state index is 10.0. The Morgan fingerprint density at radius 2 is 1.93 bits per heavy atom. The Morgan fingerprint density at radius 1 is 1.20 bits per heavy atom. The molecule has 3 aliphatic rings. The molecule has 0 heterocycles. The first-order chi connectivity index (χ1) is 14.0. The van der Waals surface area contributed by atoms with Crippen molar-refractivity contribution in [1.29, 1.82) is 0 Å². The van der Waals surface area contributed by atoms with Crippen molar-refractivity contribution < 1.29 is 20.4 Å². The highest BCUT2D eigenvalue weighted by Gasteiger charge is 2.49. The topological polar surface area (TPSA) is 80.9 Å². The minimum atomic E-state index is -1.09. The Hall–Kier alpha value is -0.940. The molecule has 0 amide bonds. The van der Waals surface area contributed by atoms with Gasteiger partial charge in [0.15, 0.2) is 0 Å². The Morgan fingerprint density at radius 3 is 2.60 bits per heavy atom. The first kappa shape index (κ1) is 23.7. The molecule has 4 N–H and O–H groups in total. The van der Waals surface area contributed by atoms with E-state index in [-0.39, 0.29) is 0 Å². The number of rotatable bonds is 7. The van der Waals surface area contributed by atoms with E-state index < -0.39 is 23.9 Å². The van der Waals surface area contributed by atoms with Crippen molar-refractivity contribution in [3.05, 3.63) is 35.5 Å². The van der Waals surface area contributed by atoms with Crippen LogP contribution in [0, 0.1) is 23.2 Å². The Kier molecular flexibility index (Phi) is 7.33. The van der Waals surface area contributed by atoms with E-state index >= 15 is 0 Å². The van der Waals surface area contributed by atoms with E-state index in [1.165, 1.54) is 31.3 Å². The first-order valence-electron chi connectivity index (χ1n) is 11.9. The Labute approximate surface area is 182 Å². The number of hydrogen-bond acceptors (Lipinski definition) is 4. The molecule has 170 valence electrons. The number of allylic oxidation sites excluding steroid dienone is 4. The Balaban J connectivity index is 1.65. The third-order valence-corrected chi connectivity index (χ3v) is 8.07. The minimum Gasteiger partial charge on any atom is -0.390 e. The van der Waals surface area contributed by atoms with Crippen molar-refractivity contribution >= 4 is 0 Å². The van der Waals surface area contributed by atoms with Gasteiger partial charge in [-0.05, 0) is 80.3 Å². The summed E-state index contributed by atoms with van der Waals surface area (Å²) < 4.78 is 0. The first-order valence-corrected chi connectivity index (χ1v) is 11.9. The van der Waals surface area contributed by atoms with Crippen LogP contribution < -0.4 is 0 Å². The number of fused-ring (bicyclic) bond motifs is 1. The zero-order chi connectivity index (χ0) is 22.1. The summed E-state index contributed by atoms with van der Waals surface area (Å²) in [6.07, 6.45) is 13.6. The summed E-state index contributed by atoms with van der Waals surface area (Å²) in [5.41, 5.74) is 2.03. The summed E-state index contributed by atoms with van der Waals surface area (Å²) in [7, 11) is 0. The van der Waals surface area contributed by atoms with Crippen LogP contribution >= 0.6 is 0 Å². The lowest BCUT2D eigenvalue weighted by molar-refractivity contribution is -0.0468. The van der Waals surface area contributed by atoms with Crippen LogP contribution in [-0.2, 0) is 0 Å². The quantitative estimate of drug-likeness (QED) is 0.497. The molecule has 0 spiro atoms. The average molecular weight is 419 g/mol. The molecule has 0 saturated heterocycles. The van der Waals surface area contributed by atoms with Gasteiger partial charge in [-0.1, -0.05) is 51.0 Å². The van der Waals surface area contributed by atoms with Crippen molar-refractivity contribution in [3.8, 4) is 0 Å². The zero-order valence-corrected chi connectivity index (χ0v) is 19.2. The van der Waals surface area contributed by atoms with Crippen LogP contribution in [0.1, 0.15) is 79.1 Å². The van der Waals surface area contributed by atoms with Crippen molar-refractivity contribution in [3.63, 3.8) is 0 Å². The summed E-state index contributed by atoms with van der Waals surface area (Å²) in [5.74, 6) is 1.95. The van der Waals surface area contributed by atoms with Crippen LogP contribution in [0.25, 0.3) is 0 Å². The van der Waals surface area contributed by atoms with Crippen molar-refractivity contribution in [2.24, 2.45) is 23.2 Å². The molecular formula is C26H42O4. The fourth-order valence-corrected chi connectivity index (χ4v) is 6.34. The molecule has 0 bridgehead atoms. The standard InChI is InChI=1S/C26H42O4/c1-17(7-5-13-25(2,3)30)20-11-12-21-19(8-6-14-26(20,21)4)10-9-18-15-22(27)24(29)23(28)16-18/h8-10,15,17,20-24,27-30H,5-7,11-14,16H2,1-4H3/b10-9-/t17-,20-,21+,22-,23+,24-,26-/m1/s1. The van der Waals surface area contributed by atoms with Gasteiger partial charge in [0, 0.05) is 6.42 Å². The van der Waals surface area contributed by atoms with E-state index in [2.05, 4.69) is 26.0 Å². The molecule has 0 aromatic carbocycles. The summed E-state index contributed by atoms with van der Waals surface area (Å²) in [4.78, 5) is 0. The van der Waals surface area contributed by atoms with Gasteiger partial charge in [-0.15, -0.1) is 0 Å². The van der Waals surface area contributed by atoms with Gasteiger partial charge in [-0.2, -0.15) is 0 Å². The van der Waals surface area contributed by atoms with Crippen molar-refractivity contribution in [1.82, 2.24) is 0 Å². The molecule has 0 aromatic rings. The minimum absolute atomic E-state index is 0.318. The van der Waals surface area contributed by atoms with E-state index in [1.54, 1.807) is 6.08 Å². The zero-order valence-electron chi connectivity index (χ0n) is 19.2. The molecule has 1 fully saturated rings. The molecule has 3 rings (SSSR count). The highest BCUT2D eigenvalue weighted by molar-refractivity contribution is 5.35. The van der Waals surface area contributed by atoms with Crippen LogP contribution in [0.4, 0.5) is 0 Å². The maximum Gasteiger partial charge on any atom is 0.110 e. The highest BCUT2D eigenvalue weighted by Crippen LogP contribution is 2.58. The summed E-state index contributed by atoms with van der Waals surface area (Å²) in [6, 6.07) is 0. The number of hydrogen-bond donors (Lipinski definition) is 4. The van der Waals surface area contributed by atoms with Gasteiger partial charge in [-0.25, -0.2) is 0 Å². The summed E-state index contributed by atoms with van der Waals surface area (Å²) >= 11 is 0. The van der Waals surface area contributed by atoms with Crippen LogP contribution in [-0.4, -0.2) is 44.3 Å². The second kappa shape index (κ2) is 9.28. The Bertz CT molecular complexity index is 686. The SMILES string of the molecule is C[C@H](CCCC(C)(C)O)[C@H]1CC[C@H]2C(/C=C\C3=C[C@@H](O)[C@@H](O)[C@@H](O)C3)=CCC[C@]12C. The van der Waals surface area contributed by atoms with Crippen LogP contribution in [0.2, 0.25) is 0 Å². The van der Waals surface area contributed by atoms with Gasteiger partial charge in [0.25, 0.3) is 0 Å². The summed E-state index contributed by atoms with van der Waals surface area (Å²) in [6.45, 7) is 8.68. The van der Waals surface area contributed by atoms with Crippen molar-refractivity contribution in [2.45, 2.75) is 103 Å². The predicted octanol–water partition coefficient (Wildman–Crippen LogP) is 4.29. The molecule has 4 nitrogen and oxygen atoms in total. The summed E-state index contributed by atoms with van der Waals surface area (Å²) in [5, 5.41) is 39.6. The smallest absolute Gasteiger partial charge is 0.110 e. The van der Waals surface area contributed by atoms with Crippen LogP contribution in [0.5, 0.6) is 0 Å². The molecule has 0 unspecified atom stereocenters. The molecule has 0 aliphatic heterocycles. The second-order valence-electron chi connectivity index (χ2n) is 11.0. The molecular weight excluding hydrogens is 376 g/mol. The van der Waals surface area contributed by atoms with Gasteiger partial charge in [0.1, 0.15) is 12.2 Å². The van der Waals surface area contributed by atoms with Crippen LogP contribution in [0.3, 0.4) is 0 Å². The third kappa shape index (κ3) is 5.27. The van der Waals surface area contributed by atoms with Gasteiger partial charge in [-0.3, -0.25) is 0 Å². The number of aliphatic hydroxyl groups excluding tert-OH is 3. The molecule has 7 atom stereocenters. The van der Waals surface area contributed by atoms with Crippen molar-refractivity contribution in [2.75, 3.05) is 0 Å². The van der Waals surface area contributed by atoms with E-state index in [9.17, 15) is 20.4 Å². The molecule has 1 saturated carbocycles. The van der Waals surface area contributed by atoms with Gasteiger partial charge < -0.3 is 20.4 Å². The fourth-order valence-electron chi connectivity index (χ4n) is 6.34. The monoisotopic (exact) mass is 418 g/mol. The van der Waals surface area contributed by atoms with E-state index in [1.807, 2.05) is 19.9 Å². The second-order valence-corrected chi connectivity index (χ2v) is 11.0. The lowest BCUT2D eigenvalue weighted by atomic mass is 9.62. The van der Waals surface area contributed by atoms with E-state index in [0.717, 1.165) is 24.8 Å². The third-order valence-electron chi connectivity index (χ3n) is 8.07. The molecule has 3 aliphatic carbocycles. The highest BCUT2D eigenvalue weighted by atomic mass is 16.4. The van der Waals surface area contributed by atoms with Gasteiger partial charge in [0.05, 0.1) is 11.7 Å². The van der Waals surface area contributed by atoms with Crippen LogP contribution in [0.15, 0.2) is 35.5 Å². The number of aliphatic hydroxyl groups is 4. The molecule has 0 aromatic heterocycles. The maximum atomic E-state index is 10.0. The lowest BCUT2D eigenvalue weighted by Crippen LogP contribution is -2.39. The molecule has 30 heavy (non-hydrogen) atoms. The lowest BCUT2D eigenvalue weighted by Gasteiger charge is -2.43. The predicted molar refractivity (Wildman–Crippen MR) is 121 cm³/mol. The largest absolute Gasteiger partial charge is 0.390 e. The van der Waals surface area contributed by atoms with Gasteiger partial charge >= 0.3 is 0 Å². The van der Waals surface area contributed by atoms with Gasteiger partial charge in [0.2, 0.25) is 0 Å². The fraction of sp³-hybridized carbons (Fsp3) is 0.769. The normalized spacial score (nSPS) is 38.3.